The average molecular weight is 298 g/mol. The largest absolute Gasteiger partial charge is 0.321 e. The van der Waals surface area contributed by atoms with E-state index in [2.05, 4.69) is 42.2 Å². The Labute approximate surface area is 123 Å². The molecule has 0 radical (unpaired) electrons. The van der Waals surface area contributed by atoms with Gasteiger partial charge in [-0.3, -0.25) is 10.1 Å². The molecular formula is C14H22N2OS2. The van der Waals surface area contributed by atoms with Crippen LogP contribution in [0.15, 0.2) is 16.8 Å². The zero-order chi connectivity index (χ0) is 13.8. The van der Waals surface area contributed by atoms with Gasteiger partial charge in [0.15, 0.2) is 0 Å². The van der Waals surface area contributed by atoms with E-state index < -0.39 is 0 Å². The number of hydrogen-bond donors (Lipinski definition) is 1. The molecule has 19 heavy (non-hydrogen) atoms. The molecular weight excluding hydrogens is 276 g/mol. The van der Waals surface area contributed by atoms with E-state index in [1.165, 1.54) is 5.56 Å². The summed E-state index contributed by atoms with van der Waals surface area (Å²) in [5, 5.41) is 7.70. The zero-order valence-electron chi connectivity index (χ0n) is 11.8. The van der Waals surface area contributed by atoms with Crippen molar-refractivity contribution in [3.05, 3.63) is 22.4 Å². The number of amides is 1. The summed E-state index contributed by atoms with van der Waals surface area (Å²) in [6.07, 6.45) is 3.23. The van der Waals surface area contributed by atoms with Gasteiger partial charge in [-0.15, -0.1) is 0 Å². The number of thiophene rings is 1. The van der Waals surface area contributed by atoms with Crippen LogP contribution in [0.5, 0.6) is 0 Å². The smallest absolute Gasteiger partial charge is 0.241 e. The summed E-state index contributed by atoms with van der Waals surface area (Å²) in [5.74, 6) is 1.69. The van der Waals surface area contributed by atoms with Crippen molar-refractivity contribution >= 4 is 29.0 Å². The molecule has 1 N–H and O–H groups in total. The van der Waals surface area contributed by atoms with E-state index in [9.17, 15) is 4.79 Å². The van der Waals surface area contributed by atoms with E-state index >= 15 is 0 Å². The molecule has 106 valence electrons. The van der Waals surface area contributed by atoms with Crippen LogP contribution in [0.25, 0.3) is 0 Å². The molecule has 0 spiro atoms. The third kappa shape index (κ3) is 3.33. The molecule has 2 rings (SSSR count). The summed E-state index contributed by atoms with van der Waals surface area (Å²) >= 11 is 3.52. The quantitative estimate of drug-likeness (QED) is 0.820. The van der Waals surface area contributed by atoms with E-state index in [4.69, 9.17) is 0 Å². The highest BCUT2D eigenvalue weighted by Crippen LogP contribution is 2.29. The first-order valence-corrected chi connectivity index (χ1v) is 9.06. The van der Waals surface area contributed by atoms with Gasteiger partial charge in [0.05, 0.1) is 6.04 Å². The Morgan fingerprint density at radius 3 is 2.89 bits per heavy atom. The van der Waals surface area contributed by atoms with Gasteiger partial charge in [-0.2, -0.15) is 23.1 Å². The maximum atomic E-state index is 12.5. The van der Waals surface area contributed by atoms with E-state index in [0.29, 0.717) is 5.92 Å². The molecule has 0 saturated carbocycles. The Balaban J connectivity index is 2.12. The summed E-state index contributed by atoms with van der Waals surface area (Å²) in [6.45, 7) is 5.05. The summed E-state index contributed by atoms with van der Waals surface area (Å²) in [6, 6.07) is 2.07. The molecule has 1 amide bonds. The number of hydrogen-bond acceptors (Lipinski definition) is 4. The van der Waals surface area contributed by atoms with E-state index in [-0.39, 0.29) is 18.1 Å². The summed E-state index contributed by atoms with van der Waals surface area (Å²) in [5.41, 5.74) is 1.21. The normalized spacial score (nSPS) is 23.6. The zero-order valence-corrected chi connectivity index (χ0v) is 13.4. The molecule has 3 nitrogen and oxygen atoms in total. The van der Waals surface area contributed by atoms with Crippen molar-refractivity contribution in [2.24, 2.45) is 5.92 Å². The number of carbonyl (C=O) groups excluding carboxylic acids is 1. The van der Waals surface area contributed by atoms with Gasteiger partial charge in [-0.1, -0.05) is 13.8 Å². The second kappa shape index (κ2) is 6.77. The molecule has 2 unspecified atom stereocenters. The lowest BCUT2D eigenvalue weighted by atomic mass is 10.1. The third-order valence-electron chi connectivity index (χ3n) is 3.47. The van der Waals surface area contributed by atoms with Crippen molar-refractivity contribution < 1.29 is 4.79 Å². The van der Waals surface area contributed by atoms with Gasteiger partial charge >= 0.3 is 0 Å². The first kappa shape index (κ1) is 14.9. The molecule has 0 aromatic carbocycles. The Kier molecular flexibility index (Phi) is 5.30. The fourth-order valence-corrected chi connectivity index (χ4v) is 3.54. The molecule has 5 heteroatoms. The summed E-state index contributed by atoms with van der Waals surface area (Å²) < 4.78 is 0. The van der Waals surface area contributed by atoms with Crippen molar-refractivity contribution in [2.75, 3.05) is 18.6 Å². The van der Waals surface area contributed by atoms with E-state index in [1.807, 2.05) is 16.7 Å². The van der Waals surface area contributed by atoms with Gasteiger partial charge in [0.1, 0.15) is 6.17 Å². The Hall–Kier alpha value is -0.520. The second-order valence-corrected chi connectivity index (χ2v) is 6.99. The molecule has 1 saturated heterocycles. The van der Waals surface area contributed by atoms with Crippen LogP contribution in [0.2, 0.25) is 0 Å². The molecule has 1 aliphatic rings. The van der Waals surface area contributed by atoms with Crippen molar-refractivity contribution in [1.82, 2.24) is 10.2 Å². The van der Waals surface area contributed by atoms with Crippen molar-refractivity contribution in [3.8, 4) is 0 Å². The lowest BCUT2D eigenvalue weighted by Crippen LogP contribution is -2.35. The Morgan fingerprint density at radius 2 is 2.32 bits per heavy atom. The number of nitrogens with one attached hydrogen (secondary N) is 1. The first-order chi connectivity index (χ1) is 9.15. The lowest BCUT2D eigenvalue weighted by molar-refractivity contribution is -0.130. The van der Waals surface area contributed by atoms with Gasteiger partial charge in [0.2, 0.25) is 5.91 Å². The monoisotopic (exact) mass is 298 g/mol. The summed E-state index contributed by atoms with van der Waals surface area (Å²) in [7, 11) is 0. The van der Waals surface area contributed by atoms with Gasteiger partial charge in [-0.05, 0) is 46.7 Å². The molecule has 1 fully saturated rings. The van der Waals surface area contributed by atoms with Gasteiger partial charge in [-0.25, -0.2) is 0 Å². The number of thioether (sulfide) groups is 1. The van der Waals surface area contributed by atoms with Crippen molar-refractivity contribution in [1.29, 1.82) is 0 Å². The van der Waals surface area contributed by atoms with Crippen LogP contribution >= 0.6 is 23.1 Å². The van der Waals surface area contributed by atoms with Crippen molar-refractivity contribution in [3.63, 3.8) is 0 Å². The maximum Gasteiger partial charge on any atom is 0.241 e. The molecule has 0 aliphatic carbocycles. The average Bonchev–Trinajstić information content (AvgIpc) is 2.98. The highest BCUT2D eigenvalue weighted by molar-refractivity contribution is 7.98. The van der Waals surface area contributed by atoms with Gasteiger partial charge in [0.25, 0.3) is 0 Å². The molecule has 2 heterocycles. The topological polar surface area (TPSA) is 32.3 Å². The van der Waals surface area contributed by atoms with Crippen LogP contribution in [-0.4, -0.2) is 35.4 Å². The van der Waals surface area contributed by atoms with Gasteiger partial charge < -0.3 is 4.90 Å². The number of rotatable bonds is 6. The first-order valence-electron chi connectivity index (χ1n) is 6.72. The molecule has 0 bridgehead atoms. The molecule has 2 atom stereocenters. The number of nitrogens with zero attached hydrogens (tertiary/aromatic N) is 1. The lowest BCUT2D eigenvalue weighted by Gasteiger charge is -2.23. The minimum Gasteiger partial charge on any atom is -0.321 e. The van der Waals surface area contributed by atoms with E-state index in [0.717, 1.165) is 18.7 Å². The van der Waals surface area contributed by atoms with Gasteiger partial charge in [0, 0.05) is 6.54 Å². The molecule has 1 aliphatic heterocycles. The molecule has 1 aromatic rings. The fourth-order valence-electron chi connectivity index (χ4n) is 2.44. The van der Waals surface area contributed by atoms with Crippen LogP contribution in [0.4, 0.5) is 0 Å². The Bertz CT molecular complexity index is 406. The predicted molar refractivity (Wildman–Crippen MR) is 83.5 cm³/mol. The summed E-state index contributed by atoms with van der Waals surface area (Å²) in [4.78, 5) is 14.5. The van der Waals surface area contributed by atoms with E-state index in [1.54, 1.807) is 11.3 Å². The van der Waals surface area contributed by atoms with Crippen LogP contribution < -0.4 is 5.32 Å². The minimum absolute atomic E-state index is 0.0424. The third-order valence-corrected chi connectivity index (χ3v) is 4.87. The maximum absolute atomic E-state index is 12.5. The SMILES string of the molecule is CSCCCN1C(=O)C(C(C)C)NC1c1ccsc1. The van der Waals surface area contributed by atoms with Crippen LogP contribution in [0.3, 0.4) is 0 Å². The highest BCUT2D eigenvalue weighted by atomic mass is 32.2. The van der Waals surface area contributed by atoms with Crippen LogP contribution in [0, 0.1) is 5.92 Å². The predicted octanol–water partition coefficient (Wildman–Crippen LogP) is 2.96. The van der Waals surface area contributed by atoms with Crippen molar-refractivity contribution in [2.45, 2.75) is 32.5 Å². The Morgan fingerprint density at radius 1 is 1.53 bits per heavy atom. The standard InChI is InChI=1S/C14H22N2OS2/c1-10(2)12-14(17)16(6-4-7-18-3)13(15-12)11-5-8-19-9-11/h5,8-10,12-13,15H,4,6-7H2,1-3H3. The fraction of sp³-hybridized carbons (Fsp3) is 0.643. The van der Waals surface area contributed by atoms with Crippen LogP contribution in [-0.2, 0) is 4.79 Å². The second-order valence-electron chi connectivity index (χ2n) is 5.23. The highest BCUT2D eigenvalue weighted by Gasteiger charge is 2.40. The minimum atomic E-state index is -0.0424. The van der Waals surface area contributed by atoms with Crippen LogP contribution in [0.1, 0.15) is 32.0 Å². The molecule has 1 aromatic heterocycles. The number of carbonyl (C=O) groups is 1.